The van der Waals surface area contributed by atoms with Crippen LogP contribution in [0.3, 0.4) is 0 Å². The smallest absolute Gasteiger partial charge is 0.242 e. The number of carbonyl (C=O) groups excluding carboxylic acids is 1. The Kier molecular flexibility index (Phi) is 4.51. The lowest BCUT2D eigenvalue weighted by Crippen LogP contribution is -2.51. The number of nitrogens with one attached hydrogen (secondary N) is 1. The summed E-state index contributed by atoms with van der Waals surface area (Å²) in [4.78, 5) is 11.8. The van der Waals surface area contributed by atoms with Gasteiger partial charge in [-0.3, -0.25) is 9.48 Å². The van der Waals surface area contributed by atoms with E-state index in [4.69, 9.17) is 5.73 Å². The third kappa shape index (κ3) is 3.45. The number of nitrogen functional groups attached to an aromatic ring is 1. The molecule has 0 aliphatic rings. The van der Waals surface area contributed by atoms with Crippen LogP contribution in [0.15, 0.2) is 12.3 Å². The lowest BCUT2D eigenvalue weighted by molar-refractivity contribution is -0.124. The lowest BCUT2D eigenvalue weighted by atomic mass is 9.94. The van der Waals surface area contributed by atoms with Crippen LogP contribution >= 0.6 is 0 Å². The number of aliphatic hydroxyl groups excluding tert-OH is 1. The topological polar surface area (TPSA) is 93.2 Å². The molecule has 96 valence electrons. The molecule has 4 N–H and O–H groups in total. The van der Waals surface area contributed by atoms with Gasteiger partial charge in [-0.2, -0.15) is 5.10 Å². The quantitative estimate of drug-likeness (QED) is 0.659. The fourth-order valence-electron chi connectivity index (χ4n) is 1.64. The molecule has 0 fully saturated rings. The van der Waals surface area contributed by atoms with Crippen LogP contribution in [0, 0.1) is 0 Å². The van der Waals surface area contributed by atoms with E-state index in [-0.39, 0.29) is 19.1 Å². The Hall–Kier alpha value is -1.56. The number of hydrogen-bond donors (Lipinski definition) is 3. The van der Waals surface area contributed by atoms with Gasteiger partial charge < -0.3 is 16.2 Å². The molecule has 0 aliphatic heterocycles. The van der Waals surface area contributed by atoms with Crippen LogP contribution < -0.4 is 11.1 Å². The number of hydrogen-bond acceptors (Lipinski definition) is 4. The largest absolute Gasteiger partial charge is 0.394 e. The molecule has 1 rings (SSSR count). The summed E-state index contributed by atoms with van der Waals surface area (Å²) in [6.45, 7) is 3.92. The molecule has 1 aromatic heterocycles. The van der Waals surface area contributed by atoms with Gasteiger partial charge in [0.25, 0.3) is 0 Å². The number of nitrogens with two attached hydrogens (primary N) is 1. The summed E-state index contributed by atoms with van der Waals surface area (Å²) in [5, 5.41) is 16.1. The van der Waals surface area contributed by atoms with Gasteiger partial charge in [-0.05, 0) is 18.9 Å². The SMILES string of the molecule is CCC(CC)(CO)NC(=O)Cn1ccc(N)n1. The standard InChI is InChI=1S/C11H20N4O2/c1-3-11(4-2,8-16)13-10(17)7-15-6-5-9(12)14-15/h5-6,16H,3-4,7-8H2,1-2H3,(H2,12,14)(H,13,17). The molecule has 17 heavy (non-hydrogen) atoms. The molecule has 1 aromatic rings. The number of amides is 1. The van der Waals surface area contributed by atoms with Crippen LogP contribution in [0.4, 0.5) is 5.82 Å². The van der Waals surface area contributed by atoms with Crippen molar-refractivity contribution < 1.29 is 9.90 Å². The van der Waals surface area contributed by atoms with Crippen molar-refractivity contribution in [3.05, 3.63) is 12.3 Å². The Morgan fingerprint density at radius 1 is 1.59 bits per heavy atom. The van der Waals surface area contributed by atoms with Crippen LogP contribution in [-0.4, -0.2) is 32.9 Å². The molecule has 6 nitrogen and oxygen atoms in total. The molecule has 0 unspecified atom stereocenters. The minimum absolute atomic E-state index is 0.0625. The molecule has 0 saturated heterocycles. The van der Waals surface area contributed by atoms with Crippen molar-refractivity contribution in [2.24, 2.45) is 0 Å². The highest BCUT2D eigenvalue weighted by atomic mass is 16.3. The monoisotopic (exact) mass is 240 g/mol. The lowest BCUT2D eigenvalue weighted by Gasteiger charge is -2.30. The van der Waals surface area contributed by atoms with Gasteiger partial charge in [-0.25, -0.2) is 0 Å². The highest BCUT2D eigenvalue weighted by Gasteiger charge is 2.27. The van der Waals surface area contributed by atoms with Gasteiger partial charge in [-0.15, -0.1) is 0 Å². The van der Waals surface area contributed by atoms with Crippen LogP contribution in [-0.2, 0) is 11.3 Å². The third-order valence-corrected chi connectivity index (χ3v) is 3.03. The number of carbonyl (C=O) groups is 1. The minimum atomic E-state index is -0.532. The summed E-state index contributed by atoms with van der Waals surface area (Å²) in [5.41, 5.74) is 4.92. The zero-order chi connectivity index (χ0) is 12.9. The van der Waals surface area contributed by atoms with Crippen LogP contribution in [0.25, 0.3) is 0 Å². The number of nitrogens with zero attached hydrogens (tertiary/aromatic N) is 2. The van der Waals surface area contributed by atoms with E-state index in [2.05, 4.69) is 10.4 Å². The minimum Gasteiger partial charge on any atom is -0.394 e. The molecule has 0 aromatic carbocycles. The van der Waals surface area contributed by atoms with Gasteiger partial charge >= 0.3 is 0 Å². The maximum absolute atomic E-state index is 11.8. The predicted molar refractivity (Wildman–Crippen MR) is 65.2 cm³/mol. The fraction of sp³-hybridized carbons (Fsp3) is 0.636. The molecular formula is C11H20N4O2. The zero-order valence-corrected chi connectivity index (χ0v) is 10.3. The molecule has 0 bridgehead atoms. The second-order valence-corrected chi connectivity index (χ2v) is 4.13. The summed E-state index contributed by atoms with van der Waals surface area (Å²) in [7, 11) is 0. The van der Waals surface area contributed by atoms with Gasteiger partial charge in [0.15, 0.2) is 0 Å². The average molecular weight is 240 g/mol. The highest BCUT2D eigenvalue weighted by Crippen LogP contribution is 2.13. The molecule has 0 saturated carbocycles. The second-order valence-electron chi connectivity index (χ2n) is 4.13. The first-order chi connectivity index (χ1) is 8.05. The first kappa shape index (κ1) is 13.5. The van der Waals surface area contributed by atoms with Gasteiger partial charge in [0, 0.05) is 6.20 Å². The Balaban J connectivity index is 2.59. The van der Waals surface area contributed by atoms with Crippen molar-refractivity contribution in [1.29, 1.82) is 0 Å². The van der Waals surface area contributed by atoms with E-state index < -0.39 is 5.54 Å². The zero-order valence-electron chi connectivity index (χ0n) is 10.3. The Morgan fingerprint density at radius 3 is 2.65 bits per heavy atom. The number of aliphatic hydroxyl groups is 1. The van der Waals surface area contributed by atoms with Crippen LogP contribution in [0.2, 0.25) is 0 Å². The fourth-order valence-corrected chi connectivity index (χ4v) is 1.64. The summed E-state index contributed by atoms with van der Waals surface area (Å²) in [5.74, 6) is 0.211. The van der Waals surface area contributed by atoms with Crippen molar-refractivity contribution in [2.45, 2.75) is 38.8 Å². The summed E-state index contributed by atoms with van der Waals surface area (Å²) < 4.78 is 1.47. The molecular weight excluding hydrogens is 220 g/mol. The molecule has 0 atom stereocenters. The first-order valence-corrected chi connectivity index (χ1v) is 5.76. The summed E-state index contributed by atoms with van der Waals surface area (Å²) in [6, 6.07) is 1.63. The van der Waals surface area contributed by atoms with Gasteiger partial charge in [0.2, 0.25) is 5.91 Å². The molecule has 0 spiro atoms. The van der Waals surface area contributed by atoms with Gasteiger partial charge in [0.05, 0.1) is 12.1 Å². The Labute approximate surface area is 101 Å². The number of anilines is 1. The number of aromatic nitrogens is 2. The normalized spacial score (nSPS) is 11.5. The van der Waals surface area contributed by atoms with Crippen molar-refractivity contribution >= 4 is 11.7 Å². The molecule has 1 amide bonds. The van der Waals surface area contributed by atoms with E-state index in [0.717, 1.165) is 0 Å². The van der Waals surface area contributed by atoms with E-state index in [1.807, 2.05) is 13.8 Å². The Morgan fingerprint density at radius 2 is 2.24 bits per heavy atom. The summed E-state index contributed by atoms with van der Waals surface area (Å²) >= 11 is 0. The first-order valence-electron chi connectivity index (χ1n) is 5.76. The molecule has 0 aliphatic carbocycles. The summed E-state index contributed by atoms with van der Waals surface area (Å²) in [6.07, 6.45) is 3.02. The second kappa shape index (κ2) is 5.67. The van der Waals surface area contributed by atoms with Gasteiger partial charge in [0.1, 0.15) is 12.4 Å². The maximum Gasteiger partial charge on any atom is 0.242 e. The van der Waals surface area contributed by atoms with E-state index >= 15 is 0 Å². The maximum atomic E-state index is 11.8. The van der Waals surface area contributed by atoms with Crippen LogP contribution in [0.1, 0.15) is 26.7 Å². The van der Waals surface area contributed by atoms with Crippen molar-refractivity contribution in [1.82, 2.24) is 15.1 Å². The van der Waals surface area contributed by atoms with E-state index in [9.17, 15) is 9.90 Å². The highest BCUT2D eigenvalue weighted by molar-refractivity contribution is 5.76. The third-order valence-electron chi connectivity index (χ3n) is 3.03. The molecule has 1 heterocycles. The number of rotatable bonds is 6. The van der Waals surface area contributed by atoms with Crippen molar-refractivity contribution in [3.63, 3.8) is 0 Å². The Bertz CT molecular complexity index is 363. The average Bonchev–Trinajstić information content (AvgIpc) is 2.72. The van der Waals surface area contributed by atoms with E-state index in [0.29, 0.717) is 18.7 Å². The van der Waals surface area contributed by atoms with Gasteiger partial charge in [-0.1, -0.05) is 13.8 Å². The van der Waals surface area contributed by atoms with E-state index in [1.165, 1.54) is 4.68 Å². The van der Waals surface area contributed by atoms with Crippen LogP contribution in [0.5, 0.6) is 0 Å². The molecule has 0 radical (unpaired) electrons. The van der Waals surface area contributed by atoms with Crippen molar-refractivity contribution in [2.75, 3.05) is 12.3 Å². The predicted octanol–water partition coefficient (Wildman–Crippen LogP) is 0.133. The van der Waals surface area contributed by atoms with E-state index in [1.54, 1.807) is 12.3 Å². The van der Waals surface area contributed by atoms with Crippen molar-refractivity contribution in [3.8, 4) is 0 Å². The molecule has 6 heteroatoms.